The standard InChI is InChI=1S/C24H19BrN4O7S3/c1-2-35-20-12-15(13-26-28-22(30)14-37-24-27-19-5-3-4-6-21(19)38-24)11-18(25)23(20)36-39(33,34)17-9-7-16(8-10-17)29(31)32/h3-13H,2,14H2,1H3,(H,28,30)/b26-13-. The second-order valence-corrected chi connectivity index (χ2v) is 12.2. The van der Waals surface area contributed by atoms with Crippen LogP contribution in [0.3, 0.4) is 0 Å². The molecule has 4 aromatic rings. The molecule has 0 atom stereocenters. The first-order chi connectivity index (χ1) is 18.7. The fourth-order valence-electron chi connectivity index (χ4n) is 3.15. The van der Waals surface area contributed by atoms with Gasteiger partial charge in [-0.2, -0.15) is 13.5 Å². The molecule has 15 heteroatoms. The monoisotopic (exact) mass is 650 g/mol. The number of halogens is 1. The third kappa shape index (κ3) is 7.32. The Labute approximate surface area is 239 Å². The van der Waals surface area contributed by atoms with Crippen LogP contribution in [0.15, 0.2) is 79.5 Å². The number of thioether (sulfide) groups is 1. The number of amides is 1. The van der Waals surface area contributed by atoms with Crippen LogP contribution in [0.1, 0.15) is 12.5 Å². The number of aromatic nitrogens is 1. The molecule has 0 spiro atoms. The molecular weight excluding hydrogens is 632 g/mol. The molecule has 0 fully saturated rings. The highest BCUT2D eigenvalue weighted by Gasteiger charge is 2.23. The molecule has 202 valence electrons. The number of carbonyl (C=O) groups is 1. The molecule has 0 bridgehead atoms. The predicted octanol–water partition coefficient (Wildman–Crippen LogP) is 5.38. The lowest BCUT2D eigenvalue weighted by Gasteiger charge is -2.14. The zero-order chi connectivity index (χ0) is 28.0. The van der Waals surface area contributed by atoms with E-state index in [4.69, 9.17) is 8.92 Å². The summed E-state index contributed by atoms with van der Waals surface area (Å²) in [6, 6.07) is 15.1. The quantitative estimate of drug-likeness (QED) is 0.0742. The lowest BCUT2D eigenvalue weighted by molar-refractivity contribution is -0.384. The van der Waals surface area contributed by atoms with Gasteiger partial charge in [-0.3, -0.25) is 14.9 Å². The van der Waals surface area contributed by atoms with Gasteiger partial charge in [0.2, 0.25) is 0 Å². The summed E-state index contributed by atoms with van der Waals surface area (Å²) < 4.78 is 38.5. The van der Waals surface area contributed by atoms with E-state index in [0.717, 1.165) is 38.8 Å². The van der Waals surface area contributed by atoms with Crippen LogP contribution in [-0.4, -0.2) is 42.8 Å². The van der Waals surface area contributed by atoms with Crippen molar-refractivity contribution in [1.29, 1.82) is 0 Å². The van der Waals surface area contributed by atoms with Crippen molar-refractivity contribution in [3.05, 3.63) is 80.8 Å². The van der Waals surface area contributed by atoms with Crippen molar-refractivity contribution in [3.8, 4) is 11.5 Å². The number of nitrogens with one attached hydrogen (secondary N) is 1. The zero-order valence-corrected chi connectivity index (χ0v) is 24.1. The van der Waals surface area contributed by atoms with Crippen LogP contribution >= 0.6 is 39.0 Å². The third-order valence-corrected chi connectivity index (χ3v) is 8.87. The number of carbonyl (C=O) groups excluding carboxylic acids is 1. The minimum atomic E-state index is -4.33. The maximum atomic E-state index is 12.8. The van der Waals surface area contributed by atoms with Gasteiger partial charge in [-0.25, -0.2) is 10.4 Å². The highest BCUT2D eigenvalue weighted by molar-refractivity contribution is 9.10. The summed E-state index contributed by atoms with van der Waals surface area (Å²) >= 11 is 6.11. The van der Waals surface area contributed by atoms with E-state index in [9.17, 15) is 23.3 Å². The number of non-ortho nitro benzene ring substituents is 1. The molecule has 0 unspecified atom stereocenters. The van der Waals surface area contributed by atoms with Crippen LogP contribution in [0, 0.1) is 10.1 Å². The number of hydrazone groups is 1. The fraction of sp³-hybridized carbons (Fsp3) is 0.125. The van der Waals surface area contributed by atoms with E-state index in [0.29, 0.717) is 5.56 Å². The van der Waals surface area contributed by atoms with Crippen LogP contribution in [0.5, 0.6) is 11.5 Å². The summed E-state index contributed by atoms with van der Waals surface area (Å²) in [5, 5.41) is 14.8. The summed E-state index contributed by atoms with van der Waals surface area (Å²) in [6.07, 6.45) is 1.38. The summed E-state index contributed by atoms with van der Waals surface area (Å²) in [5.74, 6) is -0.202. The van der Waals surface area contributed by atoms with E-state index in [-0.39, 0.29) is 44.8 Å². The van der Waals surface area contributed by atoms with Gasteiger partial charge in [0.1, 0.15) is 4.90 Å². The van der Waals surface area contributed by atoms with Crippen LogP contribution in [-0.2, 0) is 14.9 Å². The van der Waals surface area contributed by atoms with Crippen LogP contribution in [0.2, 0.25) is 0 Å². The second kappa shape index (κ2) is 12.5. The van der Waals surface area contributed by atoms with Gasteiger partial charge in [-0.15, -0.1) is 11.3 Å². The molecule has 0 radical (unpaired) electrons. The number of nitrogens with zero attached hydrogens (tertiary/aromatic N) is 3. The molecule has 0 aliphatic carbocycles. The maximum absolute atomic E-state index is 12.8. The van der Waals surface area contributed by atoms with Crippen LogP contribution < -0.4 is 14.3 Å². The largest absolute Gasteiger partial charge is 0.490 e. The smallest absolute Gasteiger partial charge is 0.339 e. The number of benzene rings is 3. The Morgan fingerprint density at radius 1 is 1.23 bits per heavy atom. The predicted molar refractivity (Wildman–Crippen MR) is 152 cm³/mol. The summed E-state index contributed by atoms with van der Waals surface area (Å²) in [4.78, 5) is 26.7. The topological polar surface area (TPSA) is 150 Å². The number of nitro groups is 1. The minimum Gasteiger partial charge on any atom is -0.490 e. The van der Waals surface area contributed by atoms with E-state index in [1.54, 1.807) is 6.92 Å². The Morgan fingerprint density at radius 3 is 2.67 bits per heavy atom. The van der Waals surface area contributed by atoms with Crippen LogP contribution in [0.25, 0.3) is 10.2 Å². The number of para-hydroxylation sites is 1. The average molecular weight is 652 g/mol. The average Bonchev–Trinajstić information content (AvgIpc) is 3.33. The van der Waals surface area contributed by atoms with Crippen molar-refractivity contribution in [1.82, 2.24) is 10.4 Å². The van der Waals surface area contributed by atoms with Crippen molar-refractivity contribution in [2.45, 2.75) is 16.2 Å². The zero-order valence-electron chi connectivity index (χ0n) is 20.1. The first-order valence-corrected chi connectivity index (χ1v) is 15.1. The van der Waals surface area contributed by atoms with E-state index in [1.807, 2.05) is 24.3 Å². The Kier molecular flexibility index (Phi) is 9.16. The molecule has 0 saturated carbocycles. The first kappa shape index (κ1) is 28.5. The molecule has 1 aromatic heterocycles. The third-order valence-electron chi connectivity index (χ3n) is 4.86. The summed E-state index contributed by atoms with van der Waals surface area (Å²) in [6.45, 7) is 1.92. The molecule has 1 N–H and O–H groups in total. The first-order valence-electron chi connectivity index (χ1n) is 11.1. The number of nitro benzene ring substituents is 1. The molecule has 11 nitrogen and oxygen atoms in total. The van der Waals surface area contributed by atoms with E-state index < -0.39 is 15.0 Å². The highest BCUT2D eigenvalue weighted by Crippen LogP contribution is 2.38. The second-order valence-electron chi connectivity index (χ2n) is 7.58. The summed E-state index contributed by atoms with van der Waals surface area (Å²) in [7, 11) is -4.33. The Balaban J connectivity index is 1.42. The molecule has 4 rings (SSSR count). The van der Waals surface area contributed by atoms with Crippen molar-refractivity contribution in [2.24, 2.45) is 5.10 Å². The fourth-order valence-corrected chi connectivity index (χ4v) is 6.62. The van der Waals surface area contributed by atoms with Gasteiger partial charge in [0.05, 0.1) is 38.2 Å². The molecule has 3 aromatic carbocycles. The van der Waals surface area contributed by atoms with Gasteiger partial charge in [-0.05, 0) is 64.8 Å². The Morgan fingerprint density at radius 2 is 1.97 bits per heavy atom. The minimum absolute atomic E-state index is 0.108. The van der Waals surface area contributed by atoms with Gasteiger partial charge >= 0.3 is 10.1 Å². The lowest BCUT2D eigenvalue weighted by Crippen LogP contribution is -2.19. The number of hydrogen-bond acceptors (Lipinski definition) is 11. The van der Waals surface area contributed by atoms with Gasteiger partial charge in [0.25, 0.3) is 11.6 Å². The van der Waals surface area contributed by atoms with Crippen molar-refractivity contribution < 1.29 is 27.1 Å². The number of rotatable bonds is 11. The molecule has 0 saturated heterocycles. The van der Waals surface area contributed by atoms with Crippen molar-refractivity contribution in [2.75, 3.05) is 12.4 Å². The number of hydrogen-bond donors (Lipinski definition) is 1. The van der Waals surface area contributed by atoms with Gasteiger partial charge in [-0.1, -0.05) is 23.9 Å². The maximum Gasteiger partial charge on any atom is 0.339 e. The lowest BCUT2D eigenvalue weighted by atomic mass is 10.2. The molecule has 1 heterocycles. The Bertz CT molecular complexity index is 1630. The molecule has 0 aliphatic rings. The SMILES string of the molecule is CCOc1cc(/C=N\NC(=O)CSc2nc3ccccc3s2)cc(Br)c1OS(=O)(=O)c1ccc([N+](=O)[O-])cc1. The molecule has 0 aliphatic heterocycles. The Hall–Kier alpha value is -3.53. The highest BCUT2D eigenvalue weighted by atomic mass is 79.9. The van der Waals surface area contributed by atoms with Gasteiger partial charge in [0, 0.05) is 12.1 Å². The van der Waals surface area contributed by atoms with Crippen molar-refractivity contribution in [3.63, 3.8) is 0 Å². The number of ether oxygens (including phenoxy) is 1. The van der Waals surface area contributed by atoms with E-state index in [1.165, 1.54) is 41.4 Å². The van der Waals surface area contributed by atoms with E-state index >= 15 is 0 Å². The number of thiazole rings is 1. The van der Waals surface area contributed by atoms with Crippen LogP contribution in [0.4, 0.5) is 5.69 Å². The molecule has 39 heavy (non-hydrogen) atoms. The number of fused-ring (bicyclic) bond motifs is 1. The van der Waals surface area contributed by atoms with Gasteiger partial charge in [0.15, 0.2) is 15.8 Å². The molecular formula is C24H19BrN4O7S3. The van der Waals surface area contributed by atoms with Gasteiger partial charge < -0.3 is 8.92 Å². The van der Waals surface area contributed by atoms with Crippen molar-refractivity contribution >= 4 is 77.2 Å². The summed E-state index contributed by atoms with van der Waals surface area (Å²) in [5.41, 5.74) is 3.57. The molecule has 1 amide bonds. The normalized spacial score (nSPS) is 11.5. The van der Waals surface area contributed by atoms with E-state index in [2.05, 4.69) is 31.4 Å².